The highest BCUT2D eigenvalue weighted by Gasteiger charge is 2.35. The lowest BCUT2D eigenvalue weighted by atomic mass is 10.1. The summed E-state index contributed by atoms with van der Waals surface area (Å²) in [5.41, 5.74) is 8.21. The zero-order valence-corrected chi connectivity index (χ0v) is 13.7. The Morgan fingerprint density at radius 3 is 2.67 bits per heavy atom. The third-order valence-corrected chi connectivity index (χ3v) is 5.55. The highest BCUT2D eigenvalue weighted by Crippen LogP contribution is 2.51. The number of nitrogen functional groups attached to an aromatic ring is 1. The summed E-state index contributed by atoms with van der Waals surface area (Å²) in [7, 11) is 0. The Morgan fingerprint density at radius 2 is 2.10 bits per heavy atom. The van der Waals surface area contributed by atoms with Crippen LogP contribution in [0.2, 0.25) is 0 Å². The van der Waals surface area contributed by atoms with Crippen LogP contribution in [0.15, 0.2) is 0 Å². The molecule has 4 N–H and O–H groups in total. The second-order valence-electron chi connectivity index (χ2n) is 6.39. The van der Waals surface area contributed by atoms with E-state index in [0.29, 0.717) is 29.1 Å². The zero-order chi connectivity index (χ0) is 15.0. The van der Waals surface area contributed by atoms with Crippen molar-refractivity contribution in [3.05, 3.63) is 10.4 Å². The first-order valence-electron chi connectivity index (χ1n) is 8.08. The molecule has 2 aliphatic rings. The molecular weight excluding hydrogens is 282 g/mol. The molecule has 2 fully saturated rings. The molecule has 0 spiro atoms. The molecule has 21 heavy (non-hydrogen) atoms. The van der Waals surface area contributed by atoms with Gasteiger partial charge in [0, 0.05) is 18.2 Å². The van der Waals surface area contributed by atoms with E-state index in [-0.39, 0.29) is 5.91 Å². The second kappa shape index (κ2) is 5.87. The van der Waals surface area contributed by atoms with Gasteiger partial charge in [0.2, 0.25) is 0 Å². The van der Waals surface area contributed by atoms with Crippen LogP contribution in [0.5, 0.6) is 0 Å². The Bertz CT molecular complexity index is 532. The minimum Gasteiger partial charge on any atom is -0.397 e. The van der Waals surface area contributed by atoms with Gasteiger partial charge in [-0.3, -0.25) is 4.79 Å². The molecular formula is C16H25N3OS. The fraction of sp³-hybridized carbons (Fsp3) is 0.688. The first-order chi connectivity index (χ1) is 10.1. The van der Waals surface area contributed by atoms with Crippen molar-refractivity contribution in [3.8, 4) is 0 Å². The number of amides is 1. The molecule has 2 aliphatic carbocycles. The first-order valence-corrected chi connectivity index (χ1v) is 8.90. The fourth-order valence-corrected chi connectivity index (χ4v) is 3.97. The van der Waals surface area contributed by atoms with Gasteiger partial charge in [0.05, 0.1) is 10.7 Å². The van der Waals surface area contributed by atoms with Crippen LogP contribution in [0, 0.1) is 5.92 Å². The number of carbonyl (C=O) groups excluding carboxylic acids is 1. The maximum absolute atomic E-state index is 12.3. The van der Waals surface area contributed by atoms with Crippen LogP contribution in [0.3, 0.4) is 0 Å². The molecule has 0 bridgehead atoms. The number of anilines is 2. The summed E-state index contributed by atoms with van der Waals surface area (Å²) in [5, 5.41) is 7.70. The third kappa shape index (κ3) is 3.18. The van der Waals surface area contributed by atoms with E-state index in [1.165, 1.54) is 42.6 Å². The van der Waals surface area contributed by atoms with Gasteiger partial charge in [0.15, 0.2) is 0 Å². The molecule has 3 rings (SSSR count). The molecule has 0 saturated heterocycles. The van der Waals surface area contributed by atoms with Crippen molar-refractivity contribution in [3.63, 3.8) is 0 Å². The molecule has 0 aromatic carbocycles. The molecule has 0 radical (unpaired) electrons. The van der Waals surface area contributed by atoms with Crippen molar-refractivity contribution < 1.29 is 4.79 Å². The predicted molar refractivity (Wildman–Crippen MR) is 89.1 cm³/mol. The van der Waals surface area contributed by atoms with Crippen LogP contribution < -0.4 is 16.4 Å². The Labute approximate surface area is 130 Å². The maximum Gasteiger partial charge on any atom is 0.263 e. The van der Waals surface area contributed by atoms with Gasteiger partial charge in [0.1, 0.15) is 4.88 Å². The van der Waals surface area contributed by atoms with E-state index >= 15 is 0 Å². The molecule has 1 aromatic rings. The fourth-order valence-electron chi connectivity index (χ4n) is 2.75. The number of hydrogen-bond acceptors (Lipinski definition) is 4. The van der Waals surface area contributed by atoms with Crippen LogP contribution >= 0.6 is 11.3 Å². The van der Waals surface area contributed by atoms with Gasteiger partial charge in [-0.15, -0.1) is 11.3 Å². The highest BCUT2D eigenvalue weighted by atomic mass is 32.1. The van der Waals surface area contributed by atoms with Gasteiger partial charge in [-0.1, -0.05) is 6.92 Å². The maximum atomic E-state index is 12.3. The quantitative estimate of drug-likeness (QED) is 0.721. The lowest BCUT2D eigenvalue weighted by Gasteiger charge is -2.14. The number of thiophene rings is 1. The predicted octanol–water partition coefficient (Wildman–Crippen LogP) is 3.56. The van der Waals surface area contributed by atoms with Gasteiger partial charge in [-0.25, -0.2) is 0 Å². The van der Waals surface area contributed by atoms with E-state index < -0.39 is 0 Å². The Balaban J connectivity index is 1.82. The average molecular weight is 307 g/mol. The van der Waals surface area contributed by atoms with Crippen LogP contribution in [-0.2, 0) is 0 Å². The van der Waals surface area contributed by atoms with Gasteiger partial charge in [-0.05, 0) is 50.9 Å². The summed E-state index contributed by atoms with van der Waals surface area (Å²) in [4.78, 5) is 12.9. The van der Waals surface area contributed by atoms with Gasteiger partial charge in [-0.2, -0.15) is 0 Å². The van der Waals surface area contributed by atoms with Crippen LogP contribution in [0.1, 0.15) is 67.1 Å². The number of rotatable bonds is 7. The molecule has 1 unspecified atom stereocenters. The second-order valence-corrected chi connectivity index (χ2v) is 7.41. The summed E-state index contributed by atoms with van der Waals surface area (Å²) in [6.07, 6.45) is 5.97. The molecule has 1 heterocycles. The zero-order valence-electron chi connectivity index (χ0n) is 12.9. The SMILES string of the molecule is CCCNC(=O)c1sc(NC(C)C2CC2)c(C2CC2)c1N. The Hall–Kier alpha value is -1.23. The van der Waals surface area contributed by atoms with Crippen LogP contribution in [-0.4, -0.2) is 18.5 Å². The summed E-state index contributed by atoms with van der Waals surface area (Å²) < 4.78 is 0. The first kappa shape index (κ1) is 14.7. The van der Waals surface area contributed by atoms with Crippen molar-refractivity contribution in [2.45, 2.75) is 57.9 Å². The molecule has 1 atom stereocenters. The largest absolute Gasteiger partial charge is 0.397 e. The van der Waals surface area contributed by atoms with Crippen molar-refractivity contribution in [1.29, 1.82) is 0 Å². The number of carbonyl (C=O) groups is 1. The van der Waals surface area contributed by atoms with E-state index in [0.717, 1.165) is 17.3 Å². The monoisotopic (exact) mass is 307 g/mol. The topological polar surface area (TPSA) is 67.2 Å². The van der Waals surface area contributed by atoms with Crippen molar-refractivity contribution in [2.75, 3.05) is 17.6 Å². The molecule has 0 aliphatic heterocycles. The average Bonchev–Trinajstić information content (AvgIpc) is 3.35. The van der Waals surface area contributed by atoms with Gasteiger partial charge < -0.3 is 16.4 Å². The van der Waals surface area contributed by atoms with Crippen molar-refractivity contribution in [2.24, 2.45) is 5.92 Å². The number of nitrogens with one attached hydrogen (secondary N) is 2. The Morgan fingerprint density at radius 1 is 1.38 bits per heavy atom. The minimum absolute atomic E-state index is 0.0200. The summed E-state index contributed by atoms with van der Waals surface area (Å²) in [6.45, 7) is 5.00. The normalized spacial score (nSPS) is 19.3. The molecule has 1 aromatic heterocycles. The highest BCUT2D eigenvalue weighted by molar-refractivity contribution is 7.18. The van der Waals surface area contributed by atoms with Crippen LogP contribution in [0.25, 0.3) is 0 Å². The summed E-state index contributed by atoms with van der Waals surface area (Å²) >= 11 is 1.54. The smallest absolute Gasteiger partial charge is 0.263 e. The van der Waals surface area contributed by atoms with E-state index in [1.54, 1.807) is 0 Å². The van der Waals surface area contributed by atoms with Crippen molar-refractivity contribution in [1.82, 2.24) is 5.32 Å². The van der Waals surface area contributed by atoms with E-state index in [2.05, 4.69) is 24.5 Å². The van der Waals surface area contributed by atoms with E-state index in [4.69, 9.17) is 5.73 Å². The number of nitrogens with two attached hydrogens (primary N) is 1. The van der Waals surface area contributed by atoms with Crippen molar-refractivity contribution >= 4 is 27.9 Å². The standard InChI is InChI=1S/C16H25N3OS/c1-3-8-18-15(20)14-13(17)12(11-6-7-11)16(21-14)19-9(2)10-4-5-10/h9-11,19H,3-8,17H2,1-2H3,(H,18,20). The molecule has 2 saturated carbocycles. The van der Waals surface area contributed by atoms with Gasteiger partial charge >= 0.3 is 0 Å². The van der Waals surface area contributed by atoms with Crippen LogP contribution in [0.4, 0.5) is 10.7 Å². The minimum atomic E-state index is -0.0200. The molecule has 4 nitrogen and oxygen atoms in total. The molecule has 116 valence electrons. The number of hydrogen-bond donors (Lipinski definition) is 3. The third-order valence-electron chi connectivity index (χ3n) is 4.40. The van der Waals surface area contributed by atoms with Gasteiger partial charge in [0.25, 0.3) is 5.91 Å². The summed E-state index contributed by atoms with van der Waals surface area (Å²) in [5.74, 6) is 1.33. The van der Waals surface area contributed by atoms with E-state index in [9.17, 15) is 4.79 Å². The Kier molecular flexibility index (Phi) is 4.11. The molecule has 1 amide bonds. The molecule has 5 heteroatoms. The lowest BCUT2D eigenvalue weighted by Crippen LogP contribution is -2.23. The summed E-state index contributed by atoms with van der Waals surface area (Å²) in [6, 6.07) is 0.479. The van der Waals surface area contributed by atoms with E-state index in [1.807, 2.05) is 0 Å². The lowest BCUT2D eigenvalue weighted by molar-refractivity contribution is 0.0958.